The summed E-state index contributed by atoms with van der Waals surface area (Å²) in [5.41, 5.74) is 9.11. The van der Waals surface area contributed by atoms with Crippen LogP contribution in [-0.2, 0) is 27.7 Å². The molecule has 6 rings (SSSR count). The van der Waals surface area contributed by atoms with Crippen molar-refractivity contribution in [3.05, 3.63) is 29.3 Å². The quantitative estimate of drug-likeness (QED) is 0.105. The number of rotatable bonds is 9. The molecule has 10 atom stereocenters. The highest BCUT2D eigenvalue weighted by Gasteiger charge is 2.56. The van der Waals surface area contributed by atoms with E-state index in [1.165, 1.54) is 10.9 Å². The molecule has 0 bridgehead atoms. The number of nitrogens with two attached hydrogens (primary N) is 2. The minimum absolute atomic E-state index is 0.0368. The summed E-state index contributed by atoms with van der Waals surface area (Å²) in [6.45, 7) is -5.91. The molecule has 2 aliphatic heterocycles. The van der Waals surface area contributed by atoms with Crippen LogP contribution in [0.2, 0.25) is 0 Å². The molecule has 6 heterocycles. The van der Waals surface area contributed by atoms with Crippen LogP contribution in [0.4, 0.5) is 20.5 Å². The summed E-state index contributed by atoms with van der Waals surface area (Å²) in [5, 5.41) is 9.73. The fraction of sp³-hybridized carbons (Fsp3) is 0.500. The van der Waals surface area contributed by atoms with Gasteiger partial charge in [-0.2, -0.15) is 4.98 Å². The maximum absolute atomic E-state index is 15.8. The molecule has 0 aromatic carbocycles. The summed E-state index contributed by atoms with van der Waals surface area (Å²) in [4.78, 5) is 34.5. The minimum atomic E-state index is -4.42. The van der Waals surface area contributed by atoms with E-state index in [0.29, 0.717) is 0 Å². The number of alkyl halides is 2. The fourth-order valence-corrected chi connectivity index (χ4v) is 8.61. The minimum Gasteiger partial charge on any atom is -0.394 e. The molecule has 4 aromatic heterocycles. The molecule has 18 nitrogen and oxygen atoms in total. The normalized spacial score (nSPS) is 31.1. The predicted molar refractivity (Wildman–Crippen MR) is 156 cm³/mol. The highest BCUT2D eigenvalue weighted by atomic mass is 32.7. The number of fused-ring (bicyclic) bond motifs is 2. The maximum Gasteiger partial charge on any atom is 0.280 e. The number of nitrogens with zero attached hydrogens (tertiary/aromatic N) is 7. The lowest BCUT2D eigenvalue weighted by molar-refractivity contribution is -0.0389. The number of aliphatic hydroxyl groups excluding tert-OH is 1. The van der Waals surface area contributed by atoms with Gasteiger partial charge in [-0.25, -0.2) is 28.7 Å². The Hall–Kier alpha value is -2.68. The number of nitrogen functional groups attached to an aromatic ring is 2. The summed E-state index contributed by atoms with van der Waals surface area (Å²) >= 11 is 7.91. The summed E-state index contributed by atoms with van der Waals surface area (Å²) in [5.74, 6) is -0.239. The van der Waals surface area contributed by atoms with E-state index in [-0.39, 0.29) is 34.1 Å². The molecule has 2 fully saturated rings. The van der Waals surface area contributed by atoms with Gasteiger partial charge in [0.25, 0.3) is 12.1 Å². The van der Waals surface area contributed by atoms with Gasteiger partial charge in [-0.1, -0.05) is 24.5 Å². The largest absolute Gasteiger partial charge is 0.394 e. The van der Waals surface area contributed by atoms with E-state index in [4.69, 9.17) is 30.0 Å². The van der Waals surface area contributed by atoms with Crippen molar-refractivity contribution >= 4 is 72.4 Å². The molecular formula is C20H24F2N10O8P2S2. The predicted octanol–water partition coefficient (Wildman–Crippen LogP) is 0.800. The number of hydrogen-bond acceptors (Lipinski definition) is 15. The molecule has 4 aromatic rings. The second-order valence-electron chi connectivity index (χ2n) is 9.76. The number of H-pyrrole nitrogens is 1. The van der Waals surface area contributed by atoms with Gasteiger partial charge >= 0.3 is 0 Å². The average Bonchev–Trinajstić information content (AvgIpc) is 3.72. The van der Waals surface area contributed by atoms with Crippen LogP contribution in [0.3, 0.4) is 0 Å². The van der Waals surface area contributed by atoms with Gasteiger partial charge in [0.05, 0.1) is 25.9 Å². The number of imidazole rings is 2. The third-order valence-electron chi connectivity index (χ3n) is 7.16. The molecule has 238 valence electrons. The molecule has 6 N–H and O–H groups in total. The van der Waals surface area contributed by atoms with Crippen molar-refractivity contribution < 1.29 is 41.5 Å². The van der Waals surface area contributed by atoms with Crippen LogP contribution in [0.25, 0.3) is 22.3 Å². The first-order valence-corrected chi connectivity index (χ1v) is 18.1. The van der Waals surface area contributed by atoms with E-state index in [1.54, 1.807) is 0 Å². The Labute approximate surface area is 255 Å². The Kier molecular flexibility index (Phi) is 8.48. The number of anilines is 2. The van der Waals surface area contributed by atoms with Gasteiger partial charge in [0.15, 0.2) is 41.3 Å². The van der Waals surface area contributed by atoms with E-state index in [1.807, 2.05) is 0 Å². The maximum atomic E-state index is 15.8. The number of ether oxygens (including phenoxy) is 2. The number of aliphatic hydroxyl groups is 1. The van der Waals surface area contributed by atoms with E-state index in [0.717, 1.165) is 17.2 Å². The van der Waals surface area contributed by atoms with Crippen LogP contribution in [0, 0.1) is 0 Å². The molecule has 2 unspecified atom stereocenters. The molecule has 0 aliphatic carbocycles. The molecule has 0 amide bonds. The molecule has 0 saturated carbocycles. The van der Waals surface area contributed by atoms with Crippen LogP contribution in [-0.4, -0.2) is 93.7 Å². The molecular weight excluding hydrogens is 672 g/mol. The van der Waals surface area contributed by atoms with Gasteiger partial charge in [0.2, 0.25) is 13.2 Å². The van der Waals surface area contributed by atoms with Gasteiger partial charge in [-0.05, 0) is 0 Å². The molecule has 0 spiro atoms. The smallest absolute Gasteiger partial charge is 0.280 e. The van der Waals surface area contributed by atoms with E-state index < -0.39 is 81.3 Å². The second kappa shape index (κ2) is 11.9. The number of aromatic nitrogens is 8. The molecule has 0 radical (unpaired) electrons. The topological polar surface area (TPSA) is 250 Å². The third kappa shape index (κ3) is 5.41. The van der Waals surface area contributed by atoms with Crippen molar-refractivity contribution in [1.82, 2.24) is 39.0 Å². The van der Waals surface area contributed by atoms with Crippen molar-refractivity contribution in [1.29, 1.82) is 0 Å². The number of thiol groups is 2. The van der Waals surface area contributed by atoms with Crippen LogP contribution >= 0.6 is 38.3 Å². The van der Waals surface area contributed by atoms with E-state index in [9.17, 15) is 19.0 Å². The average molecular weight is 697 g/mol. The van der Waals surface area contributed by atoms with Crippen molar-refractivity contribution in [3.8, 4) is 0 Å². The van der Waals surface area contributed by atoms with Gasteiger partial charge < -0.3 is 35.1 Å². The van der Waals surface area contributed by atoms with Gasteiger partial charge in [-0.3, -0.25) is 28.0 Å². The van der Waals surface area contributed by atoms with Gasteiger partial charge in [0, 0.05) is 0 Å². The monoisotopic (exact) mass is 696 g/mol. The fourth-order valence-electron chi connectivity index (χ4n) is 5.19. The lowest BCUT2D eigenvalue weighted by Gasteiger charge is -2.27. The summed E-state index contributed by atoms with van der Waals surface area (Å²) < 4.78 is 81.9. The number of nitrogens with one attached hydrogen (secondary N) is 1. The number of halogens is 2. The molecule has 2 saturated heterocycles. The zero-order valence-electron chi connectivity index (χ0n) is 22.0. The molecule has 24 heteroatoms. The van der Waals surface area contributed by atoms with Crippen LogP contribution in [0.15, 0.2) is 23.8 Å². The highest BCUT2D eigenvalue weighted by molar-refractivity contribution is 8.46. The third-order valence-corrected chi connectivity index (χ3v) is 10.9. The summed E-state index contributed by atoms with van der Waals surface area (Å²) in [6.07, 6.45) is -7.94. The van der Waals surface area contributed by atoms with Gasteiger partial charge in [-0.15, -0.1) is 0 Å². The Balaban J connectivity index is 1.29. The van der Waals surface area contributed by atoms with Crippen LogP contribution in [0.1, 0.15) is 12.5 Å². The number of aromatic amines is 1. The zero-order valence-corrected chi connectivity index (χ0v) is 25.6. The van der Waals surface area contributed by atoms with E-state index in [2.05, 4.69) is 54.4 Å². The second-order valence-corrected chi connectivity index (χ2v) is 15.3. The van der Waals surface area contributed by atoms with Gasteiger partial charge in [0.1, 0.15) is 42.0 Å². The SMILES string of the molecule is Nc1nc2c(ncn2[C@@H]2O[C@H](CO)[C@@H](F)[C@H]2P(=O)(S)OC[C@H]2O[C@@H](n3cnc4c(N)ncnc43)[C@@H](F)[C@@H]2O[PH](=O)S)c(=O)[nH]1. The van der Waals surface area contributed by atoms with E-state index >= 15 is 8.78 Å². The first-order chi connectivity index (χ1) is 20.9. The first-order valence-electron chi connectivity index (χ1n) is 12.6. The zero-order chi connectivity index (χ0) is 31.5. The molecule has 2 aliphatic rings. The van der Waals surface area contributed by atoms with Crippen LogP contribution in [0.5, 0.6) is 0 Å². The van der Waals surface area contributed by atoms with Crippen molar-refractivity contribution in [2.45, 2.75) is 48.8 Å². The van der Waals surface area contributed by atoms with Crippen LogP contribution < -0.4 is 17.0 Å². The summed E-state index contributed by atoms with van der Waals surface area (Å²) in [7, 11) is -3.03. The lowest BCUT2D eigenvalue weighted by Crippen LogP contribution is -2.34. The lowest BCUT2D eigenvalue weighted by atomic mass is 10.1. The Morgan fingerprint density at radius 2 is 1.75 bits per heavy atom. The highest BCUT2D eigenvalue weighted by Crippen LogP contribution is 2.64. The Morgan fingerprint density at radius 1 is 1.07 bits per heavy atom. The Morgan fingerprint density at radius 3 is 2.45 bits per heavy atom. The first kappa shape index (κ1) is 31.3. The summed E-state index contributed by atoms with van der Waals surface area (Å²) in [6, 6.07) is 0. The molecule has 44 heavy (non-hydrogen) atoms. The number of hydrogen-bond donors (Lipinski definition) is 6. The standard InChI is InChI=1S/C20H24F2N10O8P2S2/c21-8-6(1-33)38-19(32-5-28-11-16(32)29-20(24)30-17(11)34)13(8)42(36,44)37-2-7-12(40-41(35)43)9(22)18(39-7)31-4-27-10-14(23)25-3-26-15(10)31/h3-9,12-13,18-19,33,41H,1-2H2,(H,35,43)(H,36,44)(H2,23,25,26)(H3,24,29,30,34)/t6-,7-,8-,9+,12-,13-,18-,19-,42?/m1/s1. The van der Waals surface area contributed by atoms with Crippen molar-refractivity contribution in [3.63, 3.8) is 0 Å². The van der Waals surface area contributed by atoms with Crippen molar-refractivity contribution in [2.24, 2.45) is 0 Å². The Bertz CT molecular complexity index is 1850. The van der Waals surface area contributed by atoms with Crippen molar-refractivity contribution in [2.75, 3.05) is 24.7 Å².